The molecule has 2 aromatic heterocycles. The minimum absolute atomic E-state index is 0.348. The quantitative estimate of drug-likeness (QED) is 0.755. The summed E-state index contributed by atoms with van der Waals surface area (Å²) in [5.74, 6) is -0.348. The van der Waals surface area contributed by atoms with E-state index in [9.17, 15) is 4.79 Å². The monoisotopic (exact) mass is 238 g/mol. The van der Waals surface area contributed by atoms with Crippen LogP contribution in [0.2, 0.25) is 5.02 Å². The molecule has 2 rings (SSSR count). The molecule has 4 nitrogen and oxygen atoms in total. The first kappa shape index (κ1) is 11.0. The smallest absolute Gasteiger partial charge is 0.355 e. The van der Waals surface area contributed by atoms with Crippen molar-refractivity contribution in [3.05, 3.63) is 29.0 Å². The van der Waals surface area contributed by atoms with Gasteiger partial charge in [0.25, 0.3) is 0 Å². The number of esters is 1. The number of fused-ring (bicyclic) bond motifs is 1. The number of hydrogen-bond donors (Lipinski definition) is 0. The highest BCUT2D eigenvalue weighted by Crippen LogP contribution is 2.20. The third-order valence-electron chi connectivity index (χ3n) is 2.32. The van der Waals surface area contributed by atoms with Crippen molar-refractivity contribution in [2.45, 2.75) is 6.92 Å². The molecule has 84 valence electrons. The van der Waals surface area contributed by atoms with Gasteiger partial charge in [0.05, 0.1) is 11.6 Å². The van der Waals surface area contributed by atoms with Gasteiger partial charge in [0.1, 0.15) is 11.3 Å². The van der Waals surface area contributed by atoms with Gasteiger partial charge in [-0.25, -0.2) is 9.78 Å². The number of aryl methyl sites for hydroxylation is 1. The zero-order valence-electron chi connectivity index (χ0n) is 9.03. The van der Waals surface area contributed by atoms with Crippen LogP contribution in [0.5, 0.6) is 0 Å². The molecule has 0 aromatic carbocycles. The Balaban J connectivity index is 2.55. The lowest BCUT2D eigenvalue weighted by Gasteiger charge is -2.02. The maximum Gasteiger partial charge on any atom is 0.355 e. The number of halogens is 1. The summed E-state index contributed by atoms with van der Waals surface area (Å²) in [6.45, 7) is 2.13. The van der Waals surface area contributed by atoms with Crippen molar-refractivity contribution in [2.24, 2.45) is 7.05 Å². The van der Waals surface area contributed by atoms with Gasteiger partial charge in [-0.2, -0.15) is 0 Å². The highest BCUT2D eigenvalue weighted by atomic mass is 35.5. The second-order valence-corrected chi connectivity index (χ2v) is 3.81. The van der Waals surface area contributed by atoms with Gasteiger partial charge in [-0.3, -0.25) is 0 Å². The van der Waals surface area contributed by atoms with E-state index >= 15 is 0 Å². The van der Waals surface area contributed by atoms with Crippen LogP contribution in [0.3, 0.4) is 0 Å². The minimum Gasteiger partial charge on any atom is -0.461 e. The molecule has 0 unspecified atom stereocenters. The molecule has 0 saturated carbocycles. The zero-order chi connectivity index (χ0) is 11.7. The molecular formula is C11H11ClN2O2. The van der Waals surface area contributed by atoms with Crippen LogP contribution < -0.4 is 0 Å². The van der Waals surface area contributed by atoms with Gasteiger partial charge in [0.15, 0.2) is 0 Å². The molecule has 0 saturated heterocycles. The summed E-state index contributed by atoms with van der Waals surface area (Å²) < 4.78 is 6.65. The predicted molar refractivity (Wildman–Crippen MR) is 61.7 cm³/mol. The predicted octanol–water partition coefficient (Wildman–Crippen LogP) is 2.40. The first-order valence-electron chi connectivity index (χ1n) is 4.91. The minimum atomic E-state index is -0.348. The number of ether oxygens (including phenoxy) is 1. The van der Waals surface area contributed by atoms with Gasteiger partial charge in [-0.1, -0.05) is 11.6 Å². The molecule has 0 amide bonds. The van der Waals surface area contributed by atoms with Crippen molar-refractivity contribution in [2.75, 3.05) is 6.61 Å². The fourth-order valence-corrected chi connectivity index (χ4v) is 1.76. The topological polar surface area (TPSA) is 44.1 Å². The fraction of sp³-hybridized carbons (Fsp3) is 0.273. The molecule has 0 bridgehead atoms. The molecule has 0 radical (unpaired) electrons. The van der Waals surface area contributed by atoms with Crippen LogP contribution in [0, 0.1) is 0 Å². The van der Waals surface area contributed by atoms with E-state index in [1.54, 1.807) is 36.9 Å². The second kappa shape index (κ2) is 4.14. The van der Waals surface area contributed by atoms with Crippen molar-refractivity contribution >= 4 is 28.6 Å². The molecule has 0 aliphatic rings. The Hall–Kier alpha value is -1.55. The van der Waals surface area contributed by atoms with Crippen LogP contribution in [0.1, 0.15) is 17.4 Å². The Morgan fingerprint density at radius 3 is 3.00 bits per heavy atom. The maximum absolute atomic E-state index is 11.6. The average molecular weight is 239 g/mol. The van der Waals surface area contributed by atoms with Crippen LogP contribution in [0.15, 0.2) is 18.3 Å². The average Bonchev–Trinajstić information content (AvgIpc) is 2.56. The van der Waals surface area contributed by atoms with E-state index in [0.29, 0.717) is 23.0 Å². The van der Waals surface area contributed by atoms with Gasteiger partial charge < -0.3 is 9.30 Å². The third-order valence-corrected chi connectivity index (χ3v) is 2.52. The summed E-state index contributed by atoms with van der Waals surface area (Å²) in [5, 5.41) is 1.38. The fourth-order valence-electron chi connectivity index (χ4n) is 1.59. The van der Waals surface area contributed by atoms with E-state index in [1.165, 1.54) is 0 Å². The first-order valence-corrected chi connectivity index (χ1v) is 5.29. The highest BCUT2D eigenvalue weighted by molar-refractivity contribution is 6.31. The van der Waals surface area contributed by atoms with Crippen LogP contribution in [-0.4, -0.2) is 22.1 Å². The molecule has 0 atom stereocenters. The lowest BCUT2D eigenvalue weighted by atomic mass is 10.3. The molecule has 0 N–H and O–H groups in total. The van der Waals surface area contributed by atoms with Gasteiger partial charge in [0.2, 0.25) is 0 Å². The lowest BCUT2D eigenvalue weighted by molar-refractivity contribution is 0.0516. The lowest BCUT2D eigenvalue weighted by Crippen LogP contribution is -2.09. The van der Waals surface area contributed by atoms with Crippen molar-refractivity contribution in [3.63, 3.8) is 0 Å². The SMILES string of the molecule is CCOC(=O)c1cc2cc(Cl)cnc2n1C. The number of aromatic nitrogens is 2. The third kappa shape index (κ3) is 1.76. The van der Waals surface area contributed by atoms with E-state index in [2.05, 4.69) is 4.98 Å². The van der Waals surface area contributed by atoms with Crippen molar-refractivity contribution in [1.29, 1.82) is 0 Å². The summed E-state index contributed by atoms with van der Waals surface area (Å²) in [6, 6.07) is 3.50. The molecular weight excluding hydrogens is 228 g/mol. The number of carbonyl (C=O) groups excluding carboxylic acids is 1. The van der Waals surface area contributed by atoms with Crippen molar-refractivity contribution in [1.82, 2.24) is 9.55 Å². The number of rotatable bonds is 2. The largest absolute Gasteiger partial charge is 0.461 e. The standard InChI is InChI=1S/C11H11ClN2O2/c1-3-16-11(15)9-5-7-4-8(12)6-13-10(7)14(9)2/h4-6H,3H2,1-2H3. The van der Waals surface area contributed by atoms with E-state index in [0.717, 1.165) is 5.39 Å². The Morgan fingerprint density at radius 2 is 2.31 bits per heavy atom. The molecule has 0 spiro atoms. The summed E-state index contributed by atoms with van der Waals surface area (Å²) in [4.78, 5) is 15.8. The van der Waals surface area contributed by atoms with Crippen molar-refractivity contribution in [3.8, 4) is 0 Å². The van der Waals surface area contributed by atoms with E-state index in [4.69, 9.17) is 16.3 Å². The number of nitrogens with zero attached hydrogens (tertiary/aromatic N) is 2. The normalized spacial score (nSPS) is 10.7. The Labute approximate surface area is 97.8 Å². The van der Waals surface area contributed by atoms with Gasteiger partial charge >= 0.3 is 5.97 Å². The van der Waals surface area contributed by atoms with Crippen molar-refractivity contribution < 1.29 is 9.53 Å². The molecule has 2 heterocycles. The zero-order valence-corrected chi connectivity index (χ0v) is 9.78. The number of hydrogen-bond acceptors (Lipinski definition) is 3. The van der Waals surface area contributed by atoms with Crippen LogP contribution in [-0.2, 0) is 11.8 Å². The Kier molecular flexibility index (Phi) is 2.83. The summed E-state index contributed by atoms with van der Waals surface area (Å²) >= 11 is 5.83. The molecule has 0 aliphatic carbocycles. The Morgan fingerprint density at radius 1 is 1.56 bits per heavy atom. The molecule has 5 heteroatoms. The van der Waals surface area contributed by atoms with Gasteiger partial charge in [-0.15, -0.1) is 0 Å². The van der Waals surface area contributed by atoms with Gasteiger partial charge in [-0.05, 0) is 19.1 Å². The molecule has 16 heavy (non-hydrogen) atoms. The number of carbonyl (C=O) groups is 1. The van der Waals surface area contributed by atoms with E-state index in [-0.39, 0.29) is 5.97 Å². The maximum atomic E-state index is 11.6. The first-order chi connectivity index (χ1) is 7.63. The van der Waals surface area contributed by atoms with Crippen LogP contribution in [0.25, 0.3) is 11.0 Å². The number of pyridine rings is 1. The summed E-state index contributed by atoms with van der Waals surface area (Å²) in [5.41, 5.74) is 1.19. The molecule has 2 aromatic rings. The summed E-state index contributed by atoms with van der Waals surface area (Å²) in [7, 11) is 1.77. The van der Waals surface area contributed by atoms with Crippen LogP contribution >= 0.6 is 11.6 Å². The van der Waals surface area contributed by atoms with Gasteiger partial charge in [0, 0.05) is 18.6 Å². The second-order valence-electron chi connectivity index (χ2n) is 3.38. The summed E-state index contributed by atoms with van der Waals surface area (Å²) in [6.07, 6.45) is 1.55. The van der Waals surface area contributed by atoms with E-state index in [1.807, 2.05) is 0 Å². The van der Waals surface area contributed by atoms with E-state index < -0.39 is 0 Å². The Bertz CT molecular complexity index is 548. The van der Waals surface area contributed by atoms with Crippen LogP contribution in [0.4, 0.5) is 0 Å². The highest BCUT2D eigenvalue weighted by Gasteiger charge is 2.14. The molecule has 0 fully saturated rings. The molecule has 0 aliphatic heterocycles.